The van der Waals surface area contributed by atoms with Crippen molar-refractivity contribution in [3.63, 3.8) is 0 Å². The van der Waals surface area contributed by atoms with Gasteiger partial charge in [0.15, 0.2) is 0 Å². The van der Waals surface area contributed by atoms with Crippen LogP contribution in [-0.2, 0) is 19.6 Å². The second kappa shape index (κ2) is 6.33. The zero-order chi connectivity index (χ0) is 15.3. The molecule has 0 aliphatic carbocycles. The normalized spacial score (nSPS) is 10.9. The predicted molar refractivity (Wildman–Crippen MR) is 69.2 cm³/mol. The Balaban J connectivity index is 2.89. The molecule has 0 aromatic heterocycles. The number of hydrogen-bond donors (Lipinski definition) is 2. The number of aliphatic carboxylic acids is 1. The van der Waals surface area contributed by atoms with Crippen LogP contribution in [0, 0.1) is 5.82 Å². The third-order valence-electron chi connectivity index (χ3n) is 2.24. The quantitative estimate of drug-likeness (QED) is 0.757. The maximum atomic E-state index is 12.8. The van der Waals surface area contributed by atoms with E-state index in [9.17, 15) is 22.4 Å². The van der Waals surface area contributed by atoms with E-state index in [0.29, 0.717) is 0 Å². The molecule has 9 heteroatoms. The van der Waals surface area contributed by atoms with Gasteiger partial charge in [0.05, 0.1) is 11.9 Å². The Morgan fingerprint density at radius 2 is 1.85 bits per heavy atom. The van der Waals surface area contributed by atoms with Crippen LogP contribution < -0.4 is 9.62 Å². The van der Waals surface area contributed by atoms with Gasteiger partial charge in [-0.1, -0.05) is 0 Å². The minimum Gasteiger partial charge on any atom is -0.480 e. The highest BCUT2D eigenvalue weighted by atomic mass is 32.2. The van der Waals surface area contributed by atoms with Crippen molar-refractivity contribution in [2.75, 3.05) is 23.7 Å². The summed E-state index contributed by atoms with van der Waals surface area (Å²) in [6.07, 6.45) is 0.890. The molecule has 0 radical (unpaired) electrons. The van der Waals surface area contributed by atoms with Crippen LogP contribution in [0.15, 0.2) is 24.3 Å². The van der Waals surface area contributed by atoms with E-state index in [4.69, 9.17) is 5.11 Å². The second-order valence-corrected chi connectivity index (χ2v) is 5.82. The van der Waals surface area contributed by atoms with Crippen molar-refractivity contribution in [1.82, 2.24) is 5.32 Å². The molecule has 1 amide bonds. The van der Waals surface area contributed by atoms with Gasteiger partial charge in [-0.05, 0) is 24.3 Å². The molecule has 7 nitrogen and oxygen atoms in total. The number of nitrogens with zero attached hydrogens (tertiary/aromatic N) is 1. The van der Waals surface area contributed by atoms with Crippen molar-refractivity contribution in [2.24, 2.45) is 0 Å². The largest absolute Gasteiger partial charge is 0.480 e. The van der Waals surface area contributed by atoms with Crippen molar-refractivity contribution in [1.29, 1.82) is 0 Å². The first-order valence-corrected chi connectivity index (χ1v) is 7.27. The molecule has 1 aromatic carbocycles. The van der Waals surface area contributed by atoms with Crippen LogP contribution in [0.1, 0.15) is 0 Å². The summed E-state index contributed by atoms with van der Waals surface area (Å²) in [4.78, 5) is 21.8. The Labute approximate surface area is 115 Å². The molecule has 0 fully saturated rings. The third-order valence-corrected chi connectivity index (χ3v) is 3.38. The molecule has 0 aliphatic rings. The summed E-state index contributed by atoms with van der Waals surface area (Å²) in [7, 11) is -3.76. The maximum absolute atomic E-state index is 12.8. The van der Waals surface area contributed by atoms with Crippen molar-refractivity contribution in [2.45, 2.75) is 0 Å². The zero-order valence-electron chi connectivity index (χ0n) is 10.5. The maximum Gasteiger partial charge on any atom is 0.322 e. The Morgan fingerprint density at radius 3 is 2.30 bits per heavy atom. The molecule has 1 aromatic rings. The van der Waals surface area contributed by atoms with Gasteiger partial charge in [0.2, 0.25) is 15.9 Å². The fourth-order valence-electron chi connectivity index (χ4n) is 1.37. The van der Waals surface area contributed by atoms with Crippen molar-refractivity contribution in [3.05, 3.63) is 30.1 Å². The molecule has 20 heavy (non-hydrogen) atoms. The first-order chi connectivity index (χ1) is 9.20. The van der Waals surface area contributed by atoms with Gasteiger partial charge in [0, 0.05) is 0 Å². The van der Waals surface area contributed by atoms with Crippen LogP contribution in [0.4, 0.5) is 10.1 Å². The van der Waals surface area contributed by atoms with E-state index >= 15 is 0 Å². The molecule has 2 N–H and O–H groups in total. The number of carbonyl (C=O) groups excluding carboxylic acids is 1. The van der Waals surface area contributed by atoms with Gasteiger partial charge >= 0.3 is 5.97 Å². The van der Waals surface area contributed by atoms with E-state index in [1.807, 2.05) is 5.32 Å². The van der Waals surface area contributed by atoms with Crippen LogP contribution >= 0.6 is 0 Å². The first kappa shape index (κ1) is 15.9. The predicted octanol–water partition coefficient (Wildman–Crippen LogP) is -0.207. The van der Waals surface area contributed by atoms with Gasteiger partial charge < -0.3 is 10.4 Å². The molecule has 0 aliphatic heterocycles. The lowest BCUT2D eigenvalue weighted by Crippen LogP contribution is -2.41. The molecule has 0 heterocycles. The lowest BCUT2D eigenvalue weighted by Gasteiger charge is -2.21. The summed E-state index contributed by atoms with van der Waals surface area (Å²) in [5.41, 5.74) is 0.111. The Bertz CT molecular complexity index is 600. The van der Waals surface area contributed by atoms with Crippen molar-refractivity contribution in [3.8, 4) is 0 Å². The minimum absolute atomic E-state index is 0.111. The summed E-state index contributed by atoms with van der Waals surface area (Å²) >= 11 is 0. The fraction of sp³-hybridized carbons (Fsp3) is 0.273. The van der Waals surface area contributed by atoms with E-state index in [-0.39, 0.29) is 5.69 Å². The van der Waals surface area contributed by atoms with E-state index in [2.05, 4.69) is 0 Å². The summed E-state index contributed by atoms with van der Waals surface area (Å²) < 4.78 is 36.8. The van der Waals surface area contributed by atoms with Gasteiger partial charge in [-0.15, -0.1) is 0 Å². The highest BCUT2D eigenvalue weighted by molar-refractivity contribution is 7.92. The Hall–Kier alpha value is -2.16. The monoisotopic (exact) mass is 304 g/mol. The summed E-state index contributed by atoms with van der Waals surface area (Å²) in [6, 6.07) is 4.53. The molecule has 1 rings (SSSR count). The second-order valence-electron chi connectivity index (χ2n) is 3.92. The highest BCUT2D eigenvalue weighted by Gasteiger charge is 2.20. The van der Waals surface area contributed by atoms with Gasteiger partial charge in [-0.2, -0.15) is 0 Å². The SMILES string of the molecule is CS(=O)(=O)N(CC(=O)NCC(=O)O)c1ccc(F)cc1. The molecular weight excluding hydrogens is 291 g/mol. The summed E-state index contributed by atoms with van der Waals surface area (Å²) in [5, 5.41) is 10.5. The van der Waals surface area contributed by atoms with E-state index < -0.39 is 40.8 Å². The van der Waals surface area contributed by atoms with Crippen LogP contribution in [0.5, 0.6) is 0 Å². The topological polar surface area (TPSA) is 104 Å². The lowest BCUT2D eigenvalue weighted by atomic mass is 10.3. The molecule has 0 bridgehead atoms. The van der Waals surface area contributed by atoms with Gasteiger partial charge in [0.25, 0.3) is 0 Å². The van der Waals surface area contributed by atoms with E-state index in [0.717, 1.165) is 22.7 Å². The molecule has 0 saturated carbocycles. The van der Waals surface area contributed by atoms with Gasteiger partial charge in [-0.3, -0.25) is 13.9 Å². The number of carbonyl (C=O) groups is 2. The number of carboxylic acid groups (broad SMARTS) is 1. The Morgan fingerprint density at radius 1 is 1.30 bits per heavy atom. The smallest absolute Gasteiger partial charge is 0.322 e. The molecular formula is C11H13FN2O5S. The number of anilines is 1. The third kappa shape index (κ3) is 4.84. The number of benzene rings is 1. The number of carboxylic acids is 1. The minimum atomic E-state index is -3.76. The molecule has 0 atom stereocenters. The van der Waals surface area contributed by atoms with Crippen LogP contribution in [-0.4, -0.2) is 44.7 Å². The average molecular weight is 304 g/mol. The van der Waals surface area contributed by atoms with Crippen LogP contribution in [0.25, 0.3) is 0 Å². The van der Waals surface area contributed by atoms with E-state index in [1.165, 1.54) is 12.1 Å². The summed E-state index contributed by atoms with van der Waals surface area (Å²) in [5.74, 6) is -2.56. The van der Waals surface area contributed by atoms with Crippen molar-refractivity contribution < 1.29 is 27.5 Å². The van der Waals surface area contributed by atoms with Crippen LogP contribution in [0.2, 0.25) is 0 Å². The Kier molecular flexibility index (Phi) is 5.03. The molecule has 0 spiro atoms. The highest BCUT2D eigenvalue weighted by Crippen LogP contribution is 2.17. The van der Waals surface area contributed by atoms with E-state index in [1.54, 1.807) is 0 Å². The number of sulfonamides is 1. The molecule has 0 saturated heterocycles. The van der Waals surface area contributed by atoms with Gasteiger partial charge in [-0.25, -0.2) is 12.8 Å². The number of halogens is 1. The zero-order valence-corrected chi connectivity index (χ0v) is 11.4. The van der Waals surface area contributed by atoms with Crippen molar-refractivity contribution >= 4 is 27.6 Å². The number of nitrogens with one attached hydrogen (secondary N) is 1. The number of rotatable bonds is 6. The average Bonchev–Trinajstić information content (AvgIpc) is 2.33. The lowest BCUT2D eigenvalue weighted by molar-refractivity contribution is -0.137. The first-order valence-electron chi connectivity index (χ1n) is 5.42. The van der Waals surface area contributed by atoms with Crippen LogP contribution in [0.3, 0.4) is 0 Å². The number of amides is 1. The standard InChI is InChI=1S/C11H13FN2O5S/c1-20(18,19)14(7-10(15)13-6-11(16)17)9-4-2-8(12)3-5-9/h2-5H,6-7H2,1H3,(H,13,15)(H,16,17). The fourth-order valence-corrected chi connectivity index (χ4v) is 2.22. The summed E-state index contributed by atoms with van der Waals surface area (Å²) in [6.45, 7) is -1.20. The number of hydrogen-bond acceptors (Lipinski definition) is 4. The molecule has 0 unspecified atom stereocenters. The van der Waals surface area contributed by atoms with Gasteiger partial charge in [0.1, 0.15) is 18.9 Å². The molecule has 110 valence electrons.